The highest BCUT2D eigenvalue weighted by Gasteiger charge is 2.19. The molecule has 1 aliphatic carbocycles. The number of fused-ring (bicyclic) bond motifs is 1. The van der Waals surface area contributed by atoms with Gasteiger partial charge in [-0.15, -0.1) is 0 Å². The van der Waals surface area contributed by atoms with Crippen LogP contribution in [0.4, 0.5) is 0 Å². The van der Waals surface area contributed by atoms with E-state index in [9.17, 15) is 0 Å². The number of hydrogen-bond acceptors (Lipinski definition) is 0. The minimum Gasteiger partial charge on any atom is -0.0838 e. The molecular weight excluding hydrogens is 388 g/mol. The van der Waals surface area contributed by atoms with Gasteiger partial charge in [0.2, 0.25) is 0 Å². The Morgan fingerprint density at radius 1 is 0.905 bits per heavy atom. The van der Waals surface area contributed by atoms with E-state index < -0.39 is 0 Å². The third-order valence-corrected chi connectivity index (χ3v) is 6.32. The van der Waals surface area contributed by atoms with Gasteiger partial charge in [-0.2, -0.15) is 0 Å². The zero-order valence-electron chi connectivity index (χ0n) is 12.3. The fraction of sp³-hybridized carbons (Fsp3) is 0.474. The fourth-order valence-corrected chi connectivity index (χ4v) is 4.98. The van der Waals surface area contributed by atoms with Gasteiger partial charge in [-0.3, -0.25) is 0 Å². The van der Waals surface area contributed by atoms with Crippen LogP contribution in [0.2, 0.25) is 0 Å². The molecule has 0 nitrogen and oxygen atoms in total. The van der Waals surface area contributed by atoms with Crippen molar-refractivity contribution < 1.29 is 0 Å². The van der Waals surface area contributed by atoms with Crippen molar-refractivity contribution >= 4 is 42.6 Å². The zero-order valence-corrected chi connectivity index (χ0v) is 15.5. The molecule has 2 aromatic carbocycles. The summed E-state index contributed by atoms with van der Waals surface area (Å²) >= 11 is 7.65. The highest BCUT2D eigenvalue weighted by Crippen LogP contribution is 2.39. The van der Waals surface area contributed by atoms with Crippen molar-refractivity contribution in [3.8, 4) is 0 Å². The summed E-state index contributed by atoms with van der Waals surface area (Å²) in [4.78, 5) is 0.471. The van der Waals surface area contributed by atoms with E-state index in [1.807, 2.05) is 0 Å². The molecule has 1 atom stereocenters. The van der Waals surface area contributed by atoms with Crippen LogP contribution in [0.3, 0.4) is 0 Å². The first kappa shape index (κ1) is 15.6. The maximum atomic E-state index is 3.98. The molecule has 0 saturated heterocycles. The molecule has 0 spiro atoms. The first-order valence-corrected chi connectivity index (χ1v) is 9.78. The topological polar surface area (TPSA) is 0 Å². The van der Waals surface area contributed by atoms with Crippen LogP contribution in [0.15, 0.2) is 40.9 Å². The van der Waals surface area contributed by atoms with Crippen molar-refractivity contribution in [2.24, 2.45) is 5.92 Å². The van der Waals surface area contributed by atoms with Crippen LogP contribution in [0.5, 0.6) is 0 Å². The largest absolute Gasteiger partial charge is 0.0838 e. The molecule has 0 bridgehead atoms. The molecule has 1 saturated carbocycles. The smallest absolute Gasteiger partial charge is 0.0404 e. The normalized spacial score (nSPS) is 18.6. The molecular formula is C19H22Br2. The lowest BCUT2D eigenvalue weighted by atomic mass is 9.91. The number of hydrogen-bond donors (Lipinski definition) is 0. The summed E-state index contributed by atoms with van der Waals surface area (Å²) in [5, 5.41) is 2.70. The van der Waals surface area contributed by atoms with Crippen molar-refractivity contribution in [3.05, 3.63) is 46.4 Å². The van der Waals surface area contributed by atoms with Gasteiger partial charge in [0, 0.05) is 9.30 Å². The van der Waals surface area contributed by atoms with Crippen molar-refractivity contribution in [3.63, 3.8) is 0 Å². The Hall–Kier alpha value is -0.340. The molecule has 0 aliphatic heterocycles. The Labute approximate surface area is 144 Å². The maximum absolute atomic E-state index is 3.98. The molecule has 2 heteroatoms. The van der Waals surface area contributed by atoms with Crippen LogP contribution in [-0.4, -0.2) is 0 Å². The molecule has 21 heavy (non-hydrogen) atoms. The summed E-state index contributed by atoms with van der Waals surface area (Å²) in [5.41, 5.74) is 1.44. The van der Waals surface area contributed by atoms with Crippen molar-refractivity contribution in [1.82, 2.24) is 0 Å². The number of benzene rings is 2. The molecule has 1 unspecified atom stereocenters. The van der Waals surface area contributed by atoms with Crippen LogP contribution < -0.4 is 0 Å². The Kier molecular flexibility index (Phi) is 5.39. The Morgan fingerprint density at radius 2 is 1.57 bits per heavy atom. The second kappa shape index (κ2) is 7.28. The molecule has 112 valence electrons. The van der Waals surface area contributed by atoms with Gasteiger partial charge in [-0.1, -0.05) is 101 Å². The van der Waals surface area contributed by atoms with Crippen LogP contribution in [-0.2, 0) is 0 Å². The lowest BCUT2D eigenvalue weighted by Gasteiger charge is -2.20. The van der Waals surface area contributed by atoms with Gasteiger partial charge in [0.25, 0.3) is 0 Å². The average Bonchev–Trinajstić information content (AvgIpc) is 2.76. The van der Waals surface area contributed by atoms with E-state index in [4.69, 9.17) is 0 Å². The predicted octanol–water partition coefficient (Wildman–Crippen LogP) is 7.40. The second-order valence-corrected chi connectivity index (χ2v) is 8.20. The third-order valence-electron chi connectivity index (χ3n) is 4.76. The summed E-state index contributed by atoms with van der Waals surface area (Å²) in [5.74, 6) is 0.888. The molecule has 0 radical (unpaired) electrons. The van der Waals surface area contributed by atoms with E-state index in [-0.39, 0.29) is 0 Å². The van der Waals surface area contributed by atoms with Crippen molar-refractivity contribution in [2.45, 2.75) is 49.8 Å². The van der Waals surface area contributed by atoms with Crippen LogP contribution in [0.25, 0.3) is 10.8 Å². The summed E-state index contributed by atoms with van der Waals surface area (Å²) in [7, 11) is 0. The molecule has 1 aliphatic rings. The molecule has 0 heterocycles. The van der Waals surface area contributed by atoms with Gasteiger partial charge >= 0.3 is 0 Å². The van der Waals surface area contributed by atoms with E-state index in [0.717, 1.165) is 5.92 Å². The van der Waals surface area contributed by atoms with Gasteiger partial charge in [0.1, 0.15) is 0 Å². The minimum atomic E-state index is 0.471. The van der Waals surface area contributed by atoms with Gasteiger partial charge in [0.15, 0.2) is 0 Å². The average molecular weight is 410 g/mol. The van der Waals surface area contributed by atoms with Gasteiger partial charge in [-0.05, 0) is 34.7 Å². The van der Waals surface area contributed by atoms with Gasteiger partial charge in [0.05, 0.1) is 0 Å². The standard InChI is InChI=1S/C19H22Br2/c20-18-12-11-17(15-9-5-6-10-16(15)18)19(21)13-14-7-3-1-2-4-8-14/h5-6,9-12,14,19H,1-4,7-8,13H2. The predicted molar refractivity (Wildman–Crippen MR) is 99.1 cm³/mol. The van der Waals surface area contributed by atoms with Gasteiger partial charge in [-0.25, -0.2) is 0 Å². The number of halogens is 2. The first-order chi connectivity index (χ1) is 10.3. The SMILES string of the molecule is Brc1ccc(C(Br)CC2CCCCCC2)c2ccccc12. The monoisotopic (exact) mass is 408 g/mol. The number of alkyl halides is 1. The van der Waals surface area contributed by atoms with Crippen molar-refractivity contribution in [2.75, 3.05) is 0 Å². The van der Waals surface area contributed by atoms with Crippen LogP contribution >= 0.6 is 31.9 Å². The highest BCUT2D eigenvalue weighted by atomic mass is 79.9. The van der Waals surface area contributed by atoms with E-state index in [0.29, 0.717) is 4.83 Å². The Balaban J connectivity index is 1.84. The Morgan fingerprint density at radius 3 is 2.29 bits per heavy atom. The molecule has 0 aromatic heterocycles. The lowest BCUT2D eigenvalue weighted by Crippen LogP contribution is -2.03. The van der Waals surface area contributed by atoms with E-state index in [1.54, 1.807) is 0 Å². The first-order valence-electron chi connectivity index (χ1n) is 8.07. The molecule has 0 amide bonds. The summed E-state index contributed by atoms with van der Waals surface area (Å²) < 4.78 is 1.19. The third kappa shape index (κ3) is 3.71. The van der Waals surface area contributed by atoms with Crippen LogP contribution in [0, 0.1) is 5.92 Å². The van der Waals surface area contributed by atoms with E-state index >= 15 is 0 Å². The molecule has 2 aromatic rings. The fourth-order valence-electron chi connectivity index (χ4n) is 3.58. The second-order valence-electron chi connectivity index (χ2n) is 6.24. The minimum absolute atomic E-state index is 0.471. The van der Waals surface area contributed by atoms with Crippen LogP contribution in [0.1, 0.15) is 55.3 Å². The lowest BCUT2D eigenvalue weighted by molar-refractivity contribution is 0.427. The van der Waals surface area contributed by atoms with Crippen molar-refractivity contribution in [1.29, 1.82) is 0 Å². The summed E-state index contributed by atoms with van der Waals surface area (Å²) in [6.45, 7) is 0. The maximum Gasteiger partial charge on any atom is 0.0404 e. The molecule has 3 rings (SSSR count). The number of rotatable bonds is 3. The summed E-state index contributed by atoms with van der Waals surface area (Å²) in [6, 6.07) is 13.2. The molecule has 1 fully saturated rings. The molecule has 0 N–H and O–H groups in total. The van der Waals surface area contributed by atoms with Gasteiger partial charge < -0.3 is 0 Å². The van der Waals surface area contributed by atoms with E-state index in [1.165, 1.54) is 65.8 Å². The zero-order chi connectivity index (χ0) is 14.7. The highest BCUT2D eigenvalue weighted by molar-refractivity contribution is 9.10. The Bertz CT molecular complexity index is 598. The van der Waals surface area contributed by atoms with E-state index in [2.05, 4.69) is 68.3 Å². The quantitative estimate of drug-likeness (QED) is 0.365. The summed E-state index contributed by atoms with van der Waals surface area (Å²) in [6.07, 6.45) is 9.81.